The van der Waals surface area contributed by atoms with Crippen molar-refractivity contribution in [1.29, 1.82) is 0 Å². The number of nitrogens with one attached hydrogen (secondary N) is 4. The molecule has 3 aliphatic carbocycles. The highest BCUT2D eigenvalue weighted by atomic mass is 35.5. The van der Waals surface area contributed by atoms with Crippen LogP contribution in [0.25, 0.3) is 33.3 Å². The summed E-state index contributed by atoms with van der Waals surface area (Å²) in [4.78, 5) is 38.2. The number of carbonyl (C=O) groups excluding carboxylic acids is 1. The van der Waals surface area contributed by atoms with Crippen LogP contribution in [0.5, 0.6) is 0 Å². The lowest BCUT2D eigenvalue weighted by atomic mass is 9.72. The third kappa shape index (κ3) is 9.41. The maximum absolute atomic E-state index is 14.3. The second-order valence-electron chi connectivity index (χ2n) is 19.3. The maximum Gasteiger partial charge on any atom is 0.293 e. The molecule has 1 aliphatic heterocycles. The van der Waals surface area contributed by atoms with Crippen LogP contribution in [0.3, 0.4) is 0 Å². The van der Waals surface area contributed by atoms with Gasteiger partial charge in [-0.15, -0.1) is 0 Å². The number of nitro benzene ring substituents is 1. The van der Waals surface area contributed by atoms with Crippen LogP contribution < -0.4 is 20.3 Å². The Bertz CT molecular complexity index is 2960. The average molecular weight is 932 g/mol. The zero-order valence-corrected chi connectivity index (χ0v) is 38.8. The fraction of sp³-hybridized carbons (Fsp3) is 0.408. The number of nitro groups is 1. The van der Waals surface area contributed by atoms with E-state index in [2.05, 4.69) is 61.2 Å². The van der Waals surface area contributed by atoms with Crippen molar-refractivity contribution in [3.8, 4) is 5.69 Å². The van der Waals surface area contributed by atoms with E-state index in [-0.39, 0.29) is 28.4 Å². The number of benzene rings is 3. The highest BCUT2D eigenvalue weighted by Gasteiger charge is 2.32. The van der Waals surface area contributed by atoms with Crippen LogP contribution >= 0.6 is 11.6 Å². The van der Waals surface area contributed by atoms with E-state index in [4.69, 9.17) is 16.6 Å². The summed E-state index contributed by atoms with van der Waals surface area (Å²) in [6, 6.07) is 22.2. The van der Waals surface area contributed by atoms with Gasteiger partial charge >= 0.3 is 0 Å². The van der Waals surface area contributed by atoms with Crippen LogP contribution in [0.2, 0.25) is 5.02 Å². The van der Waals surface area contributed by atoms with Gasteiger partial charge in [-0.2, -0.15) is 5.10 Å². The summed E-state index contributed by atoms with van der Waals surface area (Å²) >= 11 is 6.27. The second-order valence-corrected chi connectivity index (χ2v) is 21.4. The Morgan fingerprint density at radius 3 is 2.38 bits per heavy atom. The van der Waals surface area contributed by atoms with E-state index >= 15 is 0 Å². The van der Waals surface area contributed by atoms with Crippen molar-refractivity contribution in [2.45, 2.75) is 94.7 Å². The molecule has 3 fully saturated rings. The van der Waals surface area contributed by atoms with Gasteiger partial charge in [-0.05, 0) is 129 Å². The van der Waals surface area contributed by atoms with Gasteiger partial charge < -0.3 is 20.5 Å². The van der Waals surface area contributed by atoms with Gasteiger partial charge in [0.25, 0.3) is 21.6 Å². The zero-order chi connectivity index (χ0) is 45.7. The van der Waals surface area contributed by atoms with Crippen molar-refractivity contribution in [2.24, 2.45) is 5.41 Å². The molecule has 2 saturated carbocycles. The highest BCUT2D eigenvalue weighted by molar-refractivity contribution is 7.90. The number of allylic oxidation sites excluding steroid dienone is 1. The van der Waals surface area contributed by atoms with Crippen LogP contribution in [-0.4, -0.2) is 94.7 Å². The second kappa shape index (κ2) is 17.8. The van der Waals surface area contributed by atoms with Crippen molar-refractivity contribution >= 4 is 72.2 Å². The number of pyridine rings is 1. The first-order valence-corrected chi connectivity index (χ1v) is 24.9. The maximum atomic E-state index is 14.3. The predicted molar refractivity (Wildman–Crippen MR) is 259 cm³/mol. The number of hydrogen-bond donors (Lipinski definition) is 4. The summed E-state index contributed by atoms with van der Waals surface area (Å²) in [5.74, 6) is -0.900. The standard InChI is InChI=1S/C49H55ClN10O5S/c1-49(2)19-17-33(41(28-49)31-3-5-34(50)6-4-31)30-57-21-23-58(24-22-57)38-13-15-40(44(26-38)59-45-25-32-18-20-51-47(32)55-43(45)29-52-59)48(61)56-66(64,65)39-14-16-42(46(27-39)60(62)63)54-37-11-9-36(10-12-37)53-35-7-8-35/h3-6,13-16,18,20,25-27,29,35-37,53-54H,7-12,17,19,21-24,28,30H2,1-2H3,(H,51,55)(H,56,61). The normalized spacial score (nSPS) is 20.5. The fourth-order valence-electron chi connectivity index (χ4n) is 9.99. The van der Waals surface area contributed by atoms with Gasteiger partial charge in [0.2, 0.25) is 0 Å². The number of H-pyrrole nitrogens is 1. The number of anilines is 2. The Labute approximate surface area is 389 Å². The smallest absolute Gasteiger partial charge is 0.293 e. The van der Waals surface area contributed by atoms with Crippen LogP contribution in [0.1, 0.15) is 87.6 Å². The molecule has 66 heavy (non-hydrogen) atoms. The number of aromatic amines is 1. The molecule has 344 valence electrons. The highest BCUT2D eigenvalue weighted by Crippen LogP contribution is 2.43. The molecule has 0 radical (unpaired) electrons. The first-order chi connectivity index (χ1) is 31.7. The molecule has 0 atom stereocenters. The Morgan fingerprint density at radius 1 is 0.924 bits per heavy atom. The van der Waals surface area contributed by atoms with Crippen LogP contribution in [0.4, 0.5) is 17.1 Å². The summed E-state index contributed by atoms with van der Waals surface area (Å²) < 4.78 is 31.7. The molecule has 3 aromatic heterocycles. The van der Waals surface area contributed by atoms with E-state index in [1.54, 1.807) is 23.1 Å². The minimum Gasteiger partial charge on any atom is -0.377 e. The van der Waals surface area contributed by atoms with E-state index in [0.29, 0.717) is 34.5 Å². The third-order valence-corrected chi connectivity index (χ3v) is 15.5. The Kier molecular flexibility index (Phi) is 11.9. The lowest BCUT2D eigenvalue weighted by Crippen LogP contribution is -2.47. The Hall–Kier alpha value is -5.81. The van der Waals surface area contributed by atoms with Crippen molar-refractivity contribution in [2.75, 3.05) is 42.9 Å². The lowest BCUT2D eigenvalue weighted by Gasteiger charge is -2.39. The predicted octanol–water partition coefficient (Wildman–Crippen LogP) is 8.84. The number of halogens is 1. The monoisotopic (exact) mass is 930 g/mol. The molecule has 1 amide bonds. The minimum atomic E-state index is -4.57. The molecule has 15 nitrogen and oxygen atoms in total. The quantitative estimate of drug-likeness (QED) is 0.0641. The van der Waals surface area contributed by atoms with Gasteiger partial charge in [0.15, 0.2) is 0 Å². The van der Waals surface area contributed by atoms with Gasteiger partial charge in [0.1, 0.15) is 16.9 Å². The number of aromatic nitrogens is 4. The number of rotatable bonds is 13. The molecular weight excluding hydrogens is 876 g/mol. The first-order valence-electron chi connectivity index (χ1n) is 23.0. The van der Waals surface area contributed by atoms with Gasteiger partial charge in [-0.3, -0.25) is 19.8 Å². The van der Waals surface area contributed by atoms with E-state index in [0.717, 1.165) is 99.8 Å². The van der Waals surface area contributed by atoms with Crippen LogP contribution in [-0.2, 0) is 10.0 Å². The average Bonchev–Trinajstić information content (AvgIpc) is 3.84. The molecular formula is C49H55ClN10O5S. The van der Waals surface area contributed by atoms with Crippen molar-refractivity contribution in [3.05, 3.63) is 117 Å². The number of carbonyl (C=O) groups is 1. The van der Waals surface area contributed by atoms with Gasteiger partial charge in [-0.1, -0.05) is 43.2 Å². The molecule has 4 N–H and O–H groups in total. The van der Waals surface area contributed by atoms with E-state index < -0.39 is 25.7 Å². The van der Waals surface area contributed by atoms with Crippen molar-refractivity contribution in [3.63, 3.8) is 0 Å². The van der Waals surface area contributed by atoms with E-state index in [1.165, 1.54) is 41.7 Å². The van der Waals surface area contributed by atoms with Crippen molar-refractivity contribution in [1.82, 2.24) is 34.7 Å². The Morgan fingerprint density at radius 2 is 1.65 bits per heavy atom. The van der Waals surface area contributed by atoms with Crippen LogP contribution in [0, 0.1) is 15.5 Å². The molecule has 4 aliphatic rings. The summed E-state index contributed by atoms with van der Waals surface area (Å²) in [6.45, 7) is 8.71. The SMILES string of the molecule is CC1(C)CCC(CN2CCN(c3ccc(C(=O)NS(=O)(=O)c4ccc(NC5CCC(NC6CC6)CC5)c([N+](=O)[O-])c4)c(-n4ncc5nc6[nH]ccc6cc54)c3)CC2)=C(c2ccc(Cl)cc2)C1. The largest absolute Gasteiger partial charge is 0.377 e. The number of fused-ring (bicyclic) bond motifs is 2. The third-order valence-electron chi connectivity index (χ3n) is 13.9. The number of amides is 1. The summed E-state index contributed by atoms with van der Waals surface area (Å²) in [5.41, 5.74) is 7.42. The number of sulfonamides is 1. The summed E-state index contributed by atoms with van der Waals surface area (Å²) in [5, 5.41) is 25.5. The first kappa shape index (κ1) is 44.0. The van der Waals surface area contributed by atoms with E-state index in [9.17, 15) is 23.3 Å². The molecule has 0 bridgehead atoms. The number of hydrogen-bond acceptors (Lipinski definition) is 11. The molecule has 4 heterocycles. The molecule has 10 rings (SSSR count). The molecule has 0 unspecified atom stereocenters. The van der Waals surface area contributed by atoms with Gasteiger partial charge in [0.05, 0.1) is 32.8 Å². The molecule has 6 aromatic rings. The lowest BCUT2D eigenvalue weighted by molar-refractivity contribution is -0.384. The summed E-state index contributed by atoms with van der Waals surface area (Å²) in [7, 11) is -4.57. The van der Waals surface area contributed by atoms with Crippen LogP contribution in [0.15, 0.2) is 95.7 Å². The molecule has 3 aromatic carbocycles. The topological polar surface area (TPSA) is 183 Å². The van der Waals surface area contributed by atoms with Crippen molar-refractivity contribution < 1.29 is 18.1 Å². The molecule has 1 saturated heterocycles. The van der Waals surface area contributed by atoms with Gasteiger partial charge in [-0.25, -0.2) is 22.8 Å². The molecule has 0 spiro atoms. The number of nitrogens with zero attached hydrogens (tertiary/aromatic N) is 6. The fourth-order valence-corrected chi connectivity index (χ4v) is 11.1. The van der Waals surface area contributed by atoms with E-state index in [1.807, 2.05) is 36.4 Å². The molecule has 17 heteroatoms. The zero-order valence-electron chi connectivity index (χ0n) is 37.2. The number of piperazine rings is 1. The summed E-state index contributed by atoms with van der Waals surface area (Å²) in [6.07, 6.45) is 12.7. The van der Waals surface area contributed by atoms with Gasteiger partial charge in [0, 0.05) is 79.2 Å². The Balaban J connectivity index is 0.893. The minimum absolute atomic E-state index is 0.0244.